The molecule has 0 aliphatic carbocycles. The molecule has 3 N–H and O–H groups in total. The molecule has 0 atom stereocenters. The van der Waals surface area contributed by atoms with E-state index in [0.29, 0.717) is 37.6 Å². The molecular formula is C12H14N6O2. The van der Waals surface area contributed by atoms with Gasteiger partial charge in [0, 0.05) is 32.4 Å². The van der Waals surface area contributed by atoms with Crippen LogP contribution >= 0.6 is 0 Å². The van der Waals surface area contributed by atoms with Crippen LogP contribution in [0.5, 0.6) is 0 Å². The number of amides is 2. The van der Waals surface area contributed by atoms with Gasteiger partial charge in [-0.25, -0.2) is 14.6 Å². The summed E-state index contributed by atoms with van der Waals surface area (Å²) in [6.07, 6.45) is 1.62. The van der Waals surface area contributed by atoms with E-state index in [1.807, 2.05) is 11.0 Å². The van der Waals surface area contributed by atoms with Gasteiger partial charge in [0.1, 0.15) is 11.5 Å². The third kappa shape index (κ3) is 2.15. The van der Waals surface area contributed by atoms with E-state index in [0.717, 1.165) is 5.39 Å². The van der Waals surface area contributed by atoms with Gasteiger partial charge in [-0.1, -0.05) is 0 Å². The third-order valence-electron chi connectivity index (χ3n) is 3.37. The SMILES string of the molecule is NC(=O)N1CCN(c2nc(=O)[nH]c3ncccc23)CC1. The Balaban J connectivity index is 1.95. The molecule has 2 amide bonds. The van der Waals surface area contributed by atoms with Crippen LogP contribution in [0.4, 0.5) is 10.6 Å². The van der Waals surface area contributed by atoms with Crippen molar-refractivity contribution in [3.8, 4) is 0 Å². The fraction of sp³-hybridized carbons (Fsp3) is 0.333. The summed E-state index contributed by atoms with van der Waals surface area (Å²) in [7, 11) is 0. The third-order valence-corrected chi connectivity index (χ3v) is 3.37. The molecule has 8 nitrogen and oxygen atoms in total. The molecule has 0 radical (unpaired) electrons. The average molecular weight is 274 g/mol. The van der Waals surface area contributed by atoms with E-state index in [-0.39, 0.29) is 0 Å². The molecule has 2 aromatic rings. The number of H-pyrrole nitrogens is 1. The standard InChI is InChI=1S/C12H14N6O2/c13-11(19)18-6-4-17(5-7-18)10-8-2-1-3-14-9(8)15-12(20)16-10/h1-3H,4-7H2,(H2,13,19)(H,14,15,16,20). The maximum Gasteiger partial charge on any atom is 0.348 e. The van der Waals surface area contributed by atoms with Crippen molar-refractivity contribution >= 4 is 22.9 Å². The van der Waals surface area contributed by atoms with Crippen LogP contribution in [0.15, 0.2) is 23.1 Å². The number of hydrogen-bond donors (Lipinski definition) is 2. The largest absolute Gasteiger partial charge is 0.352 e. The molecule has 0 spiro atoms. The van der Waals surface area contributed by atoms with Crippen LogP contribution in [0.2, 0.25) is 0 Å². The van der Waals surface area contributed by atoms with E-state index in [4.69, 9.17) is 5.73 Å². The molecule has 3 rings (SSSR count). The Kier molecular flexibility index (Phi) is 2.97. The molecule has 0 unspecified atom stereocenters. The number of anilines is 1. The highest BCUT2D eigenvalue weighted by Gasteiger charge is 2.22. The first-order valence-corrected chi connectivity index (χ1v) is 6.29. The van der Waals surface area contributed by atoms with Gasteiger partial charge >= 0.3 is 11.7 Å². The van der Waals surface area contributed by atoms with Crippen molar-refractivity contribution in [2.75, 3.05) is 31.1 Å². The van der Waals surface area contributed by atoms with Crippen LogP contribution in [-0.4, -0.2) is 52.1 Å². The number of nitrogens with two attached hydrogens (primary N) is 1. The van der Waals surface area contributed by atoms with Gasteiger partial charge in [-0.2, -0.15) is 4.98 Å². The van der Waals surface area contributed by atoms with Crippen molar-refractivity contribution < 1.29 is 4.79 Å². The fourth-order valence-electron chi connectivity index (χ4n) is 2.35. The van der Waals surface area contributed by atoms with Crippen molar-refractivity contribution in [1.82, 2.24) is 19.9 Å². The molecule has 0 saturated carbocycles. The van der Waals surface area contributed by atoms with Gasteiger partial charge in [-0.15, -0.1) is 0 Å². The van der Waals surface area contributed by atoms with Crippen molar-refractivity contribution in [3.05, 3.63) is 28.8 Å². The topological polar surface area (TPSA) is 108 Å². The Hall–Kier alpha value is -2.64. The summed E-state index contributed by atoms with van der Waals surface area (Å²) in [5, 5.41) is 0.791. The average Bonchev–Trinajstić information content (AvgIpc) is 2.46. The van der Waals surface area contributed by atoms with Gasteiger partial charge in [0.05, 0.1) is 5.39 Å². The maximum atomic E-state index is 11.6. The second-order valence-electron chi connectivity index (χ2n) is 4.58. The van der Waals surface area contributed by atoms with Gasteiger partial charge in [-0.3, -0.25) is 4.98 Å². The number of primary amides is 1. The molecule has 3 heterocycles. The summed E-state index contributed by atoms with van der Waals surface area (Å²) in [5.41, 5.74) is 5.34. The first kappa shape index (κ1) is 12.4. The Morgan fingerprint density at radius 2 is 2.05 bits per heavy atom. The van der Waals surface area contributed by atoms with Crippen LogP contribution in [0.1, 0.15) is 0 Å². The van der Waals surface area contributed by atoms with Crippen molar-refractivity contribution in [2.45, 2.75) is 0 Å². The molecule has 1 saturated heterocycles. The predicted octanol–water partition coefficient (Wildman–Crippen LogP) is -0.481. The molecule has 20 heavy (non-hydrogen) atoms. The van der Waals surface area contributed by atoms with E-state index < -0.39 is 11.7 Å². The summed E-state index contributed by atoms with van der Waals surface area (Å²) in [6, 6.07) is 3.24. The summed E-state index contributed by atoms with van der Waals surface area (Å²) in [4.78, 5) is 37.0. The Bertz CT molecular complexity index is 704. The monoisotopic (exact) mass is 274 g/mol. The minimum atomic E-state index is -0.427. The molecular weight excluding hydrogens is 260 g/mol. The lowest BCUT2D eigenvalue weighted by Gasteiger charge is -2.34. The molecule has 0 aromatic carbocycles. The quantitative estimate of drug-likeness (QED) is 0.730. The van der Waals surface area contributed by atoms with Crippen molar-refractivity contribution in [1.29, 1.82) is 0 Å². The number of hydrogen-bond acceptors (Lipinski definition) is 5. The summed E-state index contributed by atoms with van der Waals surface area (Å²) >= 11 is 0. The molecule has 1 aliphatic rings. The van der Waals surface area contributed by atoms with Crippen LogP contribution in [0.3, 0.4) is 0 Å². The minimum Gasteiger partial charge on any atom is -0.352 e. The molecule has 104 valence electrons. The van der Waals surface area contributed by atoms with Gasteiger partial charge in [0.2, 0.25) is 0 Å². The maximum absolute atomic E-state index is 11.6. The summed E-state index contributed by atoms with van der Waals surface area (Å²) < 4.78 is 0. The number of nitrogens with one attached hydrogen (secondary N) is 1. The number of pyridine rings is 1. The van der Waals surface area contributed by atoms with E-state index in [9.17, 15) is 9.59 Å². The summed E-state index contributed by atoms with van der Waals surface area (Å²) in [5.74, 6) is 0.598. The second kappa shape index (κ2) is 4.80. The van der Waals surface area contributed by atoms with Gasteiger partial charge < -0.3 is 15.5 Å². The highest BCUT2D eigenvalue weighted by molar-refractivity contribution is 5.86. The number of carbonyl (C=O) groups is 1. The Morgan fingerprint density at radius 3 is 2.75 bits per heavy atom. The molecule has 2 aromatic heterocycles. The number of aromatic amines is 1. The number of carbonyl (C=O) groups excluding carboxylic acids is 1. The van der Waals surface area contributed by atoms with E-state index in [1.54, 1.807) is 17.2 Å². The number of nitrogens with zero attached hydrogens (tertiary/aromatic N) is 4. The second-order valence-corrected chi connectivity index (χ2v) is 4.58. The van der Waals surface area contributed by atoms with E-state index in [2.05, 4.69) is 15.0 Å². The zero-order valence-electron chi connectivity index (χ0n) is 10.7. The van der Waals surface area contributed by atoms with Crippen LogP contribution < -0.4 is 16.3 Å². The lowest BCUT2D eigenvalue weighted by atomic mass is 10.2. The zero-order valence-corrected chi connectivity index (χ0v) is 10.7. The molecule has 8 heteroatoms. The van der Waals surface area contributed by atoms with Crippen LogP contribution in [0, 0.1) is 0 Å². The van der Waals surface area contributed by atoms with Gasteiger partial charge in [0.15, 0.2) is 0 Å². The lowest BCUT2D eigenvalue weighted by Crippen LogP contribution is -2.51. The van der Waals surface area contributed by atoms with Crippen LogP contribution in [0.25, 0.3) is 11.0 Å². The first-order chi connectivity index (χ1) is 9.65. The van der Waals surface area contributed by atoms with Crippen molar-refractivity contribution in [3.63, 3.8) is 0 Å². The molecule has 1 fully saturated rings. The Labute approximate surface area is 114 Å². The van der Waals surface area contributed by atoms with Gasteiger partial charge in [0.25, 0.3) is 0 Å². The zero-order chi connectivity index (χ0) is 14.1. The number of aromatic nitrogens is 3. The molecule has 0 bridgehead atoms. The highest BCUT2D eigenvalue weighted by atomic mass is 16.2. The summed E-state index contributed by atoms with van der Waals surface area (Å²) in [6.45, 7) is 2.21. The number of piperazine rings is 1. The normalized spacial score (nSPS) is 15.6. The number of urea groups is 1. The van der Waals surface area contributed by atoms with Crippen LogP contribution in [-0.2, 0) is 0 Å². The number of rotatable bonds is 1. The predicted molar refractivity (Wildman–Crippen MR) is 73.5 cm³/mol. The fourth-order valence-corrected chi connectivity index (χ4v) is 2.35. The number of fused-ring (bicyclic) bond motifs is 1. The smallest absolute Gasteiger partial charge is 0.348 e. The van der Waals surface area contributed by atoms with Crippen molar-refractivity contribution in [2.24, 2.45) is 5.73 Å². The lowest BCUT2D eigenvalue weighted by molar-refractivity contribution is 0.204. The first-order valence-electron chi connectivity index (χ1n) is 6.29. The molecule has 1 aliphatic heterocycles. The van der Waals surface area contributed by atoms with Gasteiger partial charge in [-0.05, 0) is 12.1 Å². The van der Waals surface area contributed by atoms with E-state index in [1.165, 1.54) is 0 Å². The highest BCUT2D eigenvalue weighted by Crippen LogP contribution is 2.21. The Morgan fingerprint density at radius 1 is 1.30 bits per heavy atom. The van der Waals surface area contributed by atoms with E-state index >= 15 is 0 Å². The minimum absolute atomic E-state index is 0.421.